The zero-order valence-electron chi connectivity index (χ0n) is 16.0. The summed E-state index contributed by atoms with van der Waals surface area (Å²) in [6, 6.07) is 6.97. The van der Waals surface area contributed by atoms with Crippen LogP contribution in [0.15, 0.2) is 18.2 Å². The summed E-state index contributed by atoms with van der Waals surface area (Å²) in [4.78, 5) is 13.8. The summed E-state index contributed by atoms with van der Waals surface area (Å²) in [6.07, 6.45) is 4.60. The molecule has 3 aliphatic rings. The smallest absolute Gasteiger partial charge is 0.410 e. The largest absolute Gasteiger partial charge is 0.444 e. The SMILES string of the molecule is CC(C)(C)OC(=O)N1CC(CCNC2CC23CCc2ccc(Cl)cc23)C1. The van der Waals surface area contributed by atoms with E-state index in [0.717, 1.165) is 31.1 Å². The normalized spacial score (nSPS) is 27.4. The van der Waals surface area contributed by atoms with E-state index in [4.69, 9.17) is 16.3 Å². The molecule has 2 aliphatic carbocycles. The van der Waals surface area contributed by atoms with Gasteiger partial charge in [-0.05, 0) is 82.2 Å². The molecule has 1 aromatic carbocycles. The molecule has 1 aromatic rings. The molecular formula is C21H29ClN2O2. The number of nitrogens with zero attached hydrogens (tertiary/aromatic N) is 1. The highest BCUT2D eigenvalue weighted by Crippen LogP contribution is 2.57. The van der Waals surface area contributed by atoms with Crippen molar-refractivity contribution in [1.82, 2.24) is 10.2 Å². The Hall–Kier alpha value is -1.26. The number of amides is 1. The molecule has 0 bridgehead atoms. The maximum Gasteiger partial charge on any atom is 0.410 e. The number of aryl methyl sites for hydroxylation is 1. The van der Waals surface area contributed by atoms with Crippen LogP contribution in [-0.2, 0) is 16.6 Å². The Balaban J connectivity index is 1.19. The zero-order valence-corrected chi connectivity index (χ0v) is 16.7. The third-order valence-corrected chi connectivity index (χ3v) is 6.31. The zero-order chi connectivity index (χ0) is 18.5. The van der Waals surface area contributed by atoms with Gasteiger partial charge in [-0.25, -0.2) is 4.79 Å². The molecule has 4 nitrogen and oxygen atoms in total. The highest BCUT2D eigenvalue weighted by atomic mass is 35.5. The molecule has 1 amide bonds. The van der Waals surface area contributed by atoms with Gasteiger partial charge in [-0.2, -0.15) is 0 Å². The Kier molecular flexibility index (Phi) is 4.47. The lowest BCUT2D eigenvalue weighted by Crippen LogP contribution is -2.52. The van der Waals surface area contributed by atoms with E-state index in [9.17, 15) is 4.79 Å². The molecule has 0 radical (unpaired) electrons. The summed E-state index contributed by atoms with van der Waals surface area (Å²) in [5, 5.41) is 4.61. The molecule has 1 aliphatic heterocycles. The van der Waals surface area contributed by atoms with Gasteiger partial charge in [0.15, 0.2) is 0 Å². The first kappa shape index (κ1) is 18.1. The van der Waals surface area contributed by atoms with Crippen molar-refractivity contribution >= 4 is 17.7 Å². The Labute approximate surface area is 161 Å². The fourth-order valence-corrected chi connectivity index (χ4v) is 4.73. The number of carbonyl (C=O) groups is 1. The first-order valence-electron chi connectivity index (χ1n) is 9.77. The maximum atomic E-state index is 12.0. The van der Waals surface area contributed by atoms with Crippen molar-refractivity contribution in [3.8, 4) is 0 Å². The van der Waals surface area contributed by atoms with Gasteiger partial charge in [-0.15, -0.1) is 0 Å². The van der Waals surface area contributed by atoms with Crippen LogP contribution in [0.4, 0.5) is 4.79 Å². The highest BCUT2D eigenvalue weighted by molar-refractivity contribution is 6.30. The molecule has 2 unspecified atom stereocenters. The van der Waals surface area contributed by atoms with Gasteiger partial charge >= 0.3 is 6.09 Å². The second-order valence-electron chi connectivity index (χ2n) is 9.21. The van der Waals surface area contributed by atoms with Crippen LogP contribution in [0.3, 0.4) is 0 Å². The summed E-state index contributed by atoms with van der Waals surface area (Å²) in [5.74, 6) is 0.593. The highest BCUT2D eigenvalue weighted by Gasteiger charge is 2.57. The minimum atomic E-state index is -0.412. The van der Waals surface area contributed by atoms with E-state index in [2.05, 4.69) is 17.4 Å². The fraction of sp³-hybridized carbons (Fsp3) is 0.667. The number of likely N-dealkylation sites (tertiary alicyclic amines) is 1. The Bertz CT molecular complexity index is 708. The quantitative estimate of drug-likeness (QED) is 0.858. The number of benzene rings is 1. The Morgan fingerprint density at radius 3 is 2.88 bits per heavy atom. The van der Waals surface area contributed by atoms with E-state index in [1.54, 1.807) is 0 Å². The lowest BCUT2D eigenvalue weighted by molar-refractivity contribution is -0.00204. The van der Waals surface area contributed by atoms with Crippen molar-refractivity contribution in [1.29, 1.82) is 0 Å². The number of nitrogens with one attached hydrogen (secondary N) is 1. The van der Waals surface area contributed by atoms with Crippen LogP contribution in [0.1, 0.15) is 51.2 Å². The van der Waals surface area contributed by atoms with Crippen LogP contribution in [0.2, 0.25) is 5.02 Å². The van der Waals surface area contributed by atoms with Crippen LogP contribution in [0.5, 0.6) is 0 Å². The Morgan fingerprint density at radius 2 is 2.15 bits per heavy atom. The average molecular weight is 377 g/mol. The lowest BCUT2D eigenvalue weighted by atomic mass is 9.96. The van der Waals surface area contributed by atoms with Gasteiger partial charge in [-0.1, -0.05) is 17.7 Å². The fourth-order valence-electron chi connectivity index (χ4n) is 4.56. The molecular weight excluding hydrogens is 348 g/mol. The van der Waals surface area contributed by atoms with E-state index < -0.39 is 5.60 Å². The van der Waals surface area contributed by atoms with E-state index in [1.807, 2.05) is 31.7 Å². The van der Waals surface area contributed by atoms with Gasteiger partial charge in [0.05, 0.1) is 0 Å². The minimum Gasteiger partial charge on any atom is -0.444 e. The second-order valence-corrected chi connectivity index (χ2v) is 9.64. The van der Waals surface area contributed by atoms with Gasteiger partial charge in [0.25, 0.3) is 0 Å². The van der Waals surface area contributed by atoms with Gasteiger partial charge < -0.3 is 15.0 Å². The molecule has 5 heteroatoms. The van der Waals surface area contributed by atoms with Gasteiger partial charge in [-0.3, -0.25) is 0 Å². The summed E-state index contributed by atoms with van der Waals surface area (Å²) in [7, 11) is 0. The summed E-state index contributed by atoms with van der Waals surface area (Å²) < 4.78 is 5.41. The van der Waals surface area contributed by atoms with E-state index in [1.165, 1.54) is 30.4 Å². The first-order valence-corrected chi connectivity index (χ1v) is 10.1. The molecule has 2 fully saturated rings. The lowest BCUT2D eigenvalue weighted by Gasteiger charge is -2.40. The number of ether oxygens (including phenoxy) is 1. The maximum absolute atomic E-state index is 12.0. The van der Waals surface area contributed by atoms with E-state index in [-0.39, 0.29) is 6.09 Å². The minimum absolute atomic E-state index is 0.178. The number of hydrogen-bond acceptors (Lipinski definition) is 3. The van der Waals surface area contributed by atoms with Crippen molar-refractivity contribution in [2.75, 3.05) is 19.6 Å². The number of rotatable bonds is 4. The topological polar surface area (TPSA) is 41.6 Å². The van der Waals surface area contributed by atoms with Gasteiger partial charge in [0.2, 0.25) is 0 Å². The van der Waals surface area contributed by atoms with Crippen molar-refractivity contribution < 1.29 is 9.53 Å². The van der Waals surface area contributed by atoms with Crippen LogP contribution >= 0.6 is 11.6 Å². The first-order chi connectivity index (χ1) is 12.3. The molecule has 1 saturated heterocycles. The summed E-state index contributed by atoms with van der Waals surface area (Å²) >= 11 is 6.21. The summed E-state index contributed by atoms with van der Waals surface area (Å²) in [6.45, 7) is 8.40. The third kappa shape index (κ3) is 3.46. The molecule has 1 saturated carbocycles. The molecule has 1 spiro atoms. The molecule has 4 rings (SSSR count). The Morgan fingerprint density at radius 1 is 1.38 bits per heavy atom. The van der Waals surface area contributed by atoms with Crippen LogP contribution < -0.4 is 5.32 Å². The van der Waals surface area contributed by atoms with Crippen LogP contribution in [-0.4, -0.2) is 42.3 Å². The molecule has 26 heavy (non-hydrogen) atoms. The molecule has 142 valence electrons. The van der Waals surface area contributed by atoms with E-state index in [0.29, 0.717) is 17.4 Å². The second kappa shape index (κ2) is 6.42. The predicted molar refractivity (Wildman–Crippen MR) is 104 cm³/mol. The number of hydrogen-bond donors (Lipinski definition) is 1. The van der Waals surface area contributed by atoms with Crippen molar-refractivity contribution in [3.63, 3.8) is 0 Å². The number of halogens is 1. The number of carbonyl (C=O) groups excluding carboxylic acids is 1. The number of fused-ring (bicyclic) bond motifs is 2. The van der Waals surface area contributed by atoms with Crippen molar-refractivity contribution in [2.24, 2.45) is 5.92 Å². The van der Waals surface area contributed by atoms with E-state index >= 15 is 0 Å². The average Bonchev–Trinajstić information content (AvgIpc) is 3.08. The van der Waals surface area contributed by atoms with Gasteiger partial charge in [0.1, 0.15) is 5.60 Å². The van der Waals surface area contributed by atoms with Crippen LogP contribution in [0, 0.1) is 5.92 Å². The molecule has 2 atom stereocenters. The predicted octanol–water partition coefficient (Wildman–Crippen LogP) is 4.14. The van der Waals surface area contributed by atoms with Crippen LogP contribution in [0.25, 0.3) is 0 Å². The monoisotopic (exact) mass is 376 g/mol. The van der Waals surface area contributed by atoms with Crippen molar-refractivity contribution in [2.45, 2.75) is 63.5 Å². The summed E-state index contributed by atoms with van der Waals surface area (Å²) in [5.41, 5.74) is 2.88. The van der Waals surface area contributed by atoms with Crippen molar-refractivity contribution in [3.05, 3.63) is 34.3 Å². The molecule has 1 heterocycles. The molecule has 0 aromatic heterocycles. The third-order valence-electron chi connectivity index (χ3n) is 6.08. The standard InChI is InChI=1S/C21H29ClN2O2/c1-20(2,3)26-19(25)24-12-14(13-24)7-9-23-18-11-21(18)8-6-15-4-5-16(22)10-17(15)21/h4-5,10,14,18,23H,6-9,11-13H2,1-3H3. The van der Waals surface area contributed by atoms with Gasteiger partial charge in [0, 0.05) is 29.6 Å². The molecule has 1 N–H and O–H groups in total.